The number of rotatable bonds is 5. The van der Waals surface area contributed by atoms with Gasteiger partial charge in [0.25, 0.3) is 0 Å². The number of carbonyl (C=O) groups is 1. The summed E-state index contributed by atoms with van der Waals surface area (Å²) in [5.41, 5.74) is 3.18. The first-order valence-corrected chi connectivity index (χ1v) is 10.2. The smallest absolute Gasteiger partial charge is 0.232 e. The summed E-state index contributed by atoms with van der Waals surface area (Å²) in [6.07, 6.45) is 1.91. The molecule has 5 nitrogen and oxygen atoms in total. The Morgan fingerprint density at radius 1 is 1.04 bits per heavy atom. The second-order valence-corrected chi connectivity index (χ2v) is 7.78. The molecule has 0 aliphatic carbocycles. The Balaban J connectivity index is 1.41. The summed E-state index contributed by atoms with van der Waals surface area (Å²) in [6.45, 7) is 0. The van der Waals surface area contributed by atoms with Gasteiger partial charge in [-0.3, -0.25) is 9.78 Å². The van der Waals surface area contributed by atoms with E-state index < -0.39 is 0 Å². The lowest BCUT2D eigenvalue weighted by molar-refractivity contribution is -0.115. The van der Waals surface area contributed by atoms with Gasteiger partial charge in [-0.1, -0.05) is 29.8 Å². The van der Waals surface area contributed by atoms with Gasteiger partial charge in [0, 0.05) is 27.5 Å². The van der Waals surface area contributed by atoms with Crippen molar-refractivity contribution in [1.29, 1.82) is 0 Å². The van der Waals surface area contributed by atoms with Crippen LogP contribution in [0.2, 0.25) is 5.02 Å². The minimum atomic E-state index is -0.153. The summed E-state index contributed by atoms with van der Waals surface area (Å²) in [7, 11) is 0. The molecule has 1 amide bonds. The third-order valence-corrected chi connectivity index (χ3v) is 5.58. The van der Waals surface area contributed by atoms with Crippen LogP contribution < -0.4 is 5.32 Å². The van der Waals surface area contributed by atoms with Crippen LogP contribution in [0.1, 0.15) is 5.69 Å². The number of hydrogen-bond donors (Lipinski definition) is 1. The van der Waals surface area contributed by atoms with Crippen LogP contribution in [0.3, 0.4) is 0 Å². The second-order valence-electron chi connectivity index (χ2n) is 5.63. The fourth-order valence-corrected chi connectivity index (χ4v) is 4.16. The average Bonchev–Trinajstić information content (AvgIpc) is 3.32. The van der Waals surface area contributed by atoms with Crippen LogP contribution in [0.15, 0.2) is 59.4 Å². The molecular formula is C19H13ClN4OS2. The molecule has 0 bridgehead atoms. The Bertz CT molecular complexity index is 1080. The number of aromatic nitrogens is 3. The van der Waals surface area contributed by atoms with E-state index in [2.05, 4.69) is 20.3 Å². The number of halogens is 1. The lowest BCUT2D eigenvalue weighted by Gasteiger charge is -2.00. The van der Waals surface area contributed by atoms with E-state index in [0.29, 0.717) is 15.8 Å². The fraction of sp³-hybridized carbons (Fsp3) is 0.0526. The molecule has 27 heavy (non-hydrogen) atoms. The molecule has 0 aliphatic heterocycles. The Morgan fingerprint density at radius 2 is 1.96 bits per heavy atom. The maximum atomic E-state index is 12.3. The average molecular weight is 413 g/mol. The van der Waals surface area contributed by atoms with Crippen molar-refractivity contribution in [2.45, 2.75) is 6.42 Å². The summed E-state index contributed by atoms with van der Waals surface area (Å²) < 4.78 is 0. The molecule has 134 valence electrons. The number of anilines is 1. The third kappa shape index (κ3) is 4.39. The molecule has 4 aromatic rings. The number of pyridine rings is 1. The van der Waals surface area contributed by atoms with Crippen molar-refractivity contribution in [2.24, 2.45) is 0 Å². The van der Waals surface area contributed by atoms with Crippen molar-refractivity contribution >= 4 is 45.3 Å². The van der Waals surface area contributed by atoms with Gasteiger partial charge in [0.05, 0.1) is 17.8 Å². The zero-order valence-corrected chi connectivity index (χ0v) is 16.3. The van der Waals surface area contributed by atoms with Gasteiger partial charge in [0.2, 0.25) is 5.91 Å². The number of thiazole rings is 2. The highest BCUT2D eigenvalue weighted by Gasteiger charge is 2.12. The van der Waals surface area contributed by atoms with Crippen molar-refractivity contribution in [3.05, 3.63) is 70.1 Å². The quantitative estimate of drug-likeness (QED) is 0.491. The molecular weight excluding hydrogens is 400 g/mol. The minimum absolute atomic E-state index is 0.153. The summed E-state index contributed by atoms with van der Waals surface area (Å²) in [6, 6.07) is 13.1. The van der Waals surface area contributed by atoms with Gasteiger partial charge in [-0.2, -0.15) is 0 Å². The zero-order valence-electron chi connectivity index (χ0n) is 13.9. The molecule has 0 aliphatic rings. The lowest BCUT2D eigenvalue weighted by atomic mass is 10.2. The van der Waals surface area contributed by atoms with Crippen molar-refractivity contribution in [1.82, 2.24) is 15.0 Å². The zero-order chi connectivity index (χ0) is 18.6. The van der Waals surface area contributed by atoms with Crippen LogP contribution in [0.5, 0.6) is 0 Å². The molecule has 8 heteroatoms. The normalized spacial score (nSPS) is 10.7. The molecule has 1 aromatic carbocycles. The molecule has 0 fully saturated rings. The predicted octanol–water partition coefficient (Wildman–Crippen LogP) is 5.16. The molecule has 0 atom stereocenters. The number of nitrogens with one attached hydrogen (secondary N) is 1. The van der Waals surface area contributed by atoms with E-state index in [4.69, 9.17) is 11.6 Å². The van der Waals surface area contributed by atoms with Crippen LogP contribution in [-0.2, 0) is 11.2 Å². The Morgan fingerprint density at radius 3 is 2.78 bits per heavy atom. The summed E-state index contributed by atoms with van der Waals surface area (Å²) >= 11 is 8.89. The maximum Gasteiger partial charge on any atom is 0.232 e. The minimum Gasteiger partial charge on any atom is -0.302 e. The number of benzene rings is 1. The molecule has 4 rings (SSSR count). The Hall–Kier alpha value is -2.61. The van der Waals surface area contributed by atoms with E-state index >= 15 is 0 Å². The number of hydrogen-bond acceptors (Lipinski definition) is 6. The topological polar surface area (TPSA) is 67.8 Å². The maximum absolute atomic E-state index is 12.3. The molecule has 3 aromatic heterocycles. The van der Waals surface area contributed by atoms with E-state index in [0.717, 1.165) is 22.0 Å². The summed E-state index contributed by atoms with van der Waals surface area (Å²) in [5.74, 6) is -0.153. The molecule has 0 radical (unpaired) electrons. The highest BCUT2D eigenvalue weighted by atomic mass is 35.5. The monoisotopic (exact) mass is 412 g/mol. The first-order chi connectivity index (χ1) is 13.2. The second kappa shape index (κ2) is 7.96. The fourth-order valence-electron chi connectivity index (χ4n) is 2.43. The number of amides is 1. The van der Waals surface area contributed by atoms with Crippen LogP contribution in [0.4, 0.5) is 5.13 Å². The van der Waals surface area contributed by atoms with Crippen LogP contribution >= 0.6 is 34.3 Å². The molecule has 0 spiro atoms. The summed E-state index contributed by atoms with van der Waals surface area (Å²) in [4.78, 5) is 25.5. The number of carbonyl (C=O) groups excluding carboxylic acids is 1. The molecule has 0 saturated heterocycles. The largest absolute Gasteiger partial charge is 0.302 e. The van der Waals surface area contributed by atoms with Crippen molar-refractivity contribution in [3.8, 4) is 22.0 Å². The first-order valence-electron chi connectivity index (χ1n) is 8.04. The van der Waals surface area contributed by atoms with Crippen molar-refractivity contribution in [2.75, 3.05) is 5.32 Å². The van der Waals surface area contributed by atoms with Gasteiger partial charge in [0.15, 0.2) is 5.13 Å². The molecule has 0 unspecified atom stereocenters. The highest BCUT2D eigenvalue weighted by Crippen LogP contribution is 2.27. The standard InChI is InChI=1S/C19H13ClN4OS2/c20-13-5-3-4-12(8-13)18-22-14(10-26-18)9-17(25)24-19-23-16(11-27-19)15-6-1-2-7-21-15/h1-8,10-11H,9H2,(H,23,24,25). The SMILES string of the molecule is O=C(Cc1csc(-c2cccc(Cl)c2)n1)Nc1nc(-c2ccccn2)cs1. The van der Waals surface area contributed by atoms with Crippen molar-refractivity contribution < 1.29 is 4.79 Å². The third-order valence-electron chi connectivity index (χ3n) is 3.64. The van der Waals surface area contributed by atoms with E-state index in [-0.39, 0.29) is 12.3 Å². The van der Waals surface area contributed by atoms with Gasteiger partial charge in [-0.25, -0.2) is 9.97 Å². The van der Waals surface area contributed by atoms with Crippen LogP contribution in [0.25, 0.3) is 22.0 Å². The first kappa shape index (κ1) is 17.8. The van der Waals surface area contributed by atoms with Gasteiger partial charge < -0.3 is 5.32 Å². The van der Waals surface area contributed by atoms with Gasteiger partial charge in [0.1, 0.15) is 10.7 Å². The molecule has 3 heterocycles. The van der Waals surface area contributed by atoms with Gasteiger partial charge >= 0.3 is 0 Å². The highest BCUT2D eigenvalue weighted by molar-refractivity contribution is 7.14. The van der Waals surface area contributed by atoms with E-state index in [1.165, 1.54) is 22.7 Å². The summed E-state index contributed by atoms with van der Waals surface area (Å²) in [5, 5.41) is 8.63. The van der Waals surface area contributed by atoms with Crippen LogP contribution in [0, 0.1) is 0 Å². The van der Waals surface area contributed by atoms with Gasteiger partial charge in [-0.15, -0.1) is 22.7 Å². The van der Waals surface area contributed by atoms with Gasteiger partial charge in [-0.05, 0) is 24.3 Å². The Labute approximate surface area is 168 Å². The molecule has 1 N–H and O–H groups in total. The van der Waals surface area contributed by atoms with Crippen LogP contribution in [-0.4, -0.2) is 20.9 Å². The van der Waals surface area contributed by atoms with E-state index in [1.54, 1.807) is 6.20 Å². The number of nitrogens with zero attached hydrogens (tertiary/aromatic N) is 3. The van der Waals surface area contributed by atoms with E-state index in [9.17, 15) is 4.79 Å². The predicted molar refractivity (Wildman–Crippen MR) is 110 cm³/mol. The molecule has 0 saturated carbocycles. The van der Waals surface area contributed by atoms with Crippen molar-refractivity contribution in [3.63, 3.8) is 0 Å². The Kier molecular flexibility index (Phi) is 5.24. The van der Waals surface area contributed by atoms with E-state index in [1.807, 2.05) is 53.2 Å². The lowest BCUT2D eigenvalue weighted by Crippen LogP contribution is -2.14.